The Balaban J connectivity index is 1.30. The van der Waals surface area contributed by atoms with E-state index in [-0.39, 0.29) is 37.2 Å². The number of esters is 1. The standard InChI is InChI=1S/C23H23N7O3/c1-14-7-9-16(10-8-14)21-28-19(33-30-21)11-12-20(31)32-13-18-26-22(24)29-23(27-18)25-17-6-4-3-5-15(17)2/h3-10H,11-13H2,1-2H3,(H3,24,25,26,27,29). The fourth-order valence-electron chi connectivity index (χ4n) is 2.99. The number of para-hydroxylation sites is 1. The van der Waals surface area contributed by atoms with E-state index in [4.69, 9.17) is 15.0 Å². The number of carbonyl (C=O) groups excluding carboxylic acids is 1. The van der Waals surface area contributed by atoms with Gasteiger partial charge >= 0.3 is 5.97 Å². The summed E-state index contributed by atoms with van der Waals surface area (Å²) in [5.41, 5.74) is 9.64. The Kier molecular flexibility index (Phi) is 6.53. The van der Waals surface area contributed by atoms with Gasteiger partial charge in [0.05, 0.1) is 6.42 Å². The molecule has 0 amide bonds. The zero-order valence-corrected chi connectivity index (χ0v) is 18.3. The largest absolute Gasteiger partial charge is 0.457 e. The minimum atomic E-state index is -0.447. The molecular weight excluding hydrogens is 422 g/mol. The summed E-state index contributed by atoms with van der Waals surface area (Å²) in [6.07, 6.45) is 0.335. The van der Waals surface area contributed by atoms with Gasteiger partial charge in [-0.3, -0.25) is 4.79 Å². The maximum Gasteiger partial charge on any atom is 0.306 e. The van der Waals surface area contributed by atoms with Gasteiger partial charge in [-0.2, -0.15) is 19.9 Å². The number of ether oxygens (including phenoxy) is 1. The molecular formula is C23H23N7O3. The number of nitrogens with one attached hydrogen (secondary N) is 1. The summed E-state index contributed by atoms with van der Waals surface area (Å²) in [5, 5.41) is 7.06. The Hall–Kier alpha value is -4.34. The summed E-state index contributed by atoms with van der Waals surface area (Å²) in [6, 6.07) is 15.5. The number of rotatable bonds is 8. The molecule has 3 N–H and O–H groups in total. The molecule has 0 radical (unpaired) electrons. The van der Waals surface area contributed by atoms with E-state index >= 15 is 0 Å². The molecule has 0 aliphatic carbocycles. The SMILES string of the molecule is Cc1ccc(-c2noc(CCC(=O)OCc3nc(N)nc(Nc4ccccc4C)n3)n2)cc1. The molecule has 10 heteroatoms. The van der Waals surface area contributed by atoms with Gasteiger partial charge in [-0.05, 0) is 25.5 Å². The predicted octanol–water partition coefficient (Wildman–Crippen LogP) is 3.54. The van der Waals surface area contributed by atoms with Crippen LogP contribution in [0, 0.1) is 13.8 Å². The molecule has 0 spiro atoms. The van der Waals surface area contributed by atoms with E-state index in [2.05, 4.69) is 30.4 Å². The van der Waals surface area contributed by atoms with Crippen molar-refractivity contribution in [1.82, 2.24) is 25.1 Å². The second-order valence-corrected chi connectivity index (χ2v) is 7.41. The molecule has 2 aromatic heterocycles. The number of hydrogen-bond acceptors (Lipinski definition) is 10. The number of benzene rings is 2. The summed E-state index contributed by atoms with van der Waals surface area (Å²) >= 11 is 0. The van der Waals surface area contributed by atoms with Crippen molar-refractivity contribution in [2.75, 3.05) is 11.1 Å². The molecule has 168 valence electrons. The van der Waals surface area contributed by atoms with Crippen molar-refractivity contribution in [1.29, 1.82) is 0 Å². The zero-order chi connectivity index (χ0) is 23.2. The van der Waals surface area contributed by atoms with Gasteiger partial charge in [0.15, 0.2) is 12.4 Å². The Bertz CT molecular complexity index is 1260. The molecule has 10 nitrogen and oxygen atoms in total. The maximum atomic E-state index is 12.2. The number of aromatic nitrogens is 5. The lowest BCUT2D eigenvalue weighted by molar-refractivity contribution is -0.145. The van der Waals surface area contributed by atoms with Crippen molar-refractivity contribution in [3.05, 3.63) is 71.4 Å². The lowest BCUT2D eigenvalue weighted by Gasteiger charge is -2.09. The van der Waals surface area contributed by atoms with E-state index in [1.165, 1.54) is 0 Å². The lowest BCUT2D eigenvalue weighted by atomic mass is 10.1. The van der Waals surface area contributed by atoms with Crippen molar-refractivity contribution >= 4 is 23.6 Å². The van der Waals surface area contributed by atoms with Crippen LogP contribution in [-0.2, 0) is 22.6 Å². The summed E-state index contributed by atoms with van der Waals surface area (Å²) in [6.45, 7) is 3.83. The first-order valence-electron chi connectivity index (χ1n) is 10.3. The number of aryl methyl sites for hydroxylation is 3. The number of anilines is 3. The van der Waals surface area contributed by atoms with Crippen LogP contribution in [0.3, 0.4) is 0 Å². The van der Waals surface area contributed by atoms with Gasteiger partial charge in [0.2, 0.25) is 23.6 Å². The first-order valence-corrected chi connectivity index (χ1v) is 10.3. The molecule has 4 rings (SSSR count). The van der Waals surface area contributed by atoms with E-state index in [0.29, 0.717) is 11.7 Å². The Morgan fingerprint density at radius 1 is 1.03 bits per heavy atom. The summed E-state index contributed by atoms with van der Waals surface area (Å²) in [5.74, 6) is 0.937. The third-order valence-electron chi connectivity index (χ3n) is 4.77. The third-order valence-corrected chi connectivity index (χ3v) is 4.77. The quantitative estimate of drug-likeness (QED) is 0.387. The minimum Gasteiger partial charge on any atom is -0.457 e. The number of nitrogens with two attached hydrogens (primary N) is 1. The summed E-state index contributed by atoms with van der Waals surface area (Å²) in [4.78, 5) is 28.9. The zero-order valence-electron chi connectivity index (χ0n) is 18.3. The molecule has 0 atom stereocenters. The van der Waals surface area contributed by atoms with Crippen LogP contribution in [0.1, 0.15) is 29.3 Å². The highest BCUT2D eigenvalue weighted by Crippen LogP contribution is 2.19. The van der Waals surface area contributed by atoms with Crippen molar-refractivity contribution in [2.24, 2.45) is 0 Å². The van der Waals surface area contributed by atoms with Crippen LogP contribution in [0.4, 0.5) is 17.6 Å². The maximum absolute atomic E-state index is 12.2. The highest BCUT2D eigenvalue weighted by molar-refractivity contribution is 5.69. The molecule has 0 unspecified atom stereocenters. The van der Waals surface area contributed by atoms with Crippen LogP contribution >= 0.6 is 0 Å². The molecule has 0 bridgehead atoms. The Morgan fingerprint density at radius 3 is 2.61 bits per heavy atom. The highest BCUT2D eigenvalue weighted by atomic mass is 16.5. The Labute approximate surface area is 190 Å². The molecule has 0 aliphatic rings. The van der Waals surface area contributed by atoms with E-state index in [1.807, 2.05) is 62.4 Å². The van der Waals surface area contributed by atoms with Crippen molar-refractivity contribution in [3.8, 4) is 11.4 Å². The van der Waals surface area contributed by atoms with Gasteiger partial charge in [0, 0.05) is 17.7 Å². The van der Waals surface area contributed by atoms with Crippen LogP contribution < -0.4 is 11.1 Å². The molecule has 0 saturated heterocycles. The summed E-state index contributed by atoms with van der Waals surface area (Å²) in [7, 11) is 0. The van der Waals surface area contributed by atoms with E-state index in [0.717, 1.165) is 22.4 Å². The van der Waals surface area contributed by atoms with Crippen molar-refractivity contribution < 1.29 is 14.1 Å². The first kappa shape index (κ1) is 21.9. The lowest BCUT2D eigenvalue weighted by Crippen LogP contribution is -2.11. The number of nitrogens with zero attached hydrogens (tertiary/aromatic N) is 5. The second kappa shape index (κ2) is 9.86. The van der Waals surface area contributed by atoms with E-state index in [1.54, 1.807) is 0 Å². The monoisotopic (exact) mass is 445 g/mol. The highest BCUT2D eigenvalue weighted by Gasteiger charge is 2.13. The van der Waals surface area contributed by atoms with Crippen LogP contribution in [0.2, 0.25) is 0 Å². The predicted molar refractivity (Wildman–Crippen MR) is 121 cm³/mol. The van der Waals surface area contributed by atoms with Gasteiger partial charge in [0.1, 0.15) is 0 Å². The molecule has 0 fully saturated rings. The second-order valence-electron chi connectivity index (χ2n) is 7.41. The van der Waals surface area contributed by atoms with E-state index in [9.17, 15) is 4.79 Å². The number of carbonyl (C=O) groups is 1. The first-order chi connectivity index (χ1) is 16.0. The van der Waals surface area contributed by atoms with Gasteiger partial charge in [-0.25, -0.2) is 0 Å². The van der Waals surface area contributed by atoms with Crippen LogP contribution in [0.15, 0.2) is 53.1 Å². The van der Waals surface area contributed by atoms with E-state index < -0.39 is 5.97 Å². The summed E-state index contributed by atoms with van der Waals surface area (Å²) < 4.78 is 10.5. The van der Waals surface area contributed by atoms with Gasteiger partial charge in [-0.15, -0.1) is 0 Å². The van der Waals surface area contributed by atoms with Gasteiger partial charge in [-0.1, -0.05) is 53.2 Å². The van der Waals surface area contributed by atoms with Crippen molar-refractivity contribution in [3.63, 3.8) is 0 Å². The molecule has 33 heavy (non-hydrogen) atoms. The molecule has 0 saturated carbocycles. The number of hydrogen-bond donors (Lipinski definition) is 2. The topological polar surface area (TPSA) is 142 Å². The van der Waals surface area contributed by atoms with Gasteiger partial charge in [0.25, 0.3) is 0 Å². The smallest absolute Gasteiger partial charge is 0.306 e. The number of nitrogen functional groups attached to an aromatic ring is 1. The molecule has 0 aliphatic heterocycles. The normalized spacial score (nSPS) is 10.7. The average molecular weight is 445 g/mol. The third kappa shape index (κ3) is 5.88. The van der Waals surface area contributed by atoms with Crippen LogP contribution in [0.5, 0.6) is 0 Å². The minimum absolute atomic E-state index is 0.0293. The Morgan fingerprint density at radius 2 is 1.82 bits per heavy atom. The van der Waals surface area contributed by atoms with Crippen LogP contribution in [0.25, 0.3) is 11.4 Å². The average Bonchev–Trinajstić information content (AvgIpc) is 3.27. The van der Waals surface area contributed by atoms with Gasteiger partial charge < -0.3 is 20.3 Å². The van der Waals surface area contributed by atoms with Crippen molar-refractivity contribution in [2.45, 2.75) is 33.3 Å². The fraction of sp³-hybridized carbons (Fsp3) is 0.217. The molecule has 4 aromatic rings. The fourth-order valence-corrected chi connectivity index (χ4v) is 2.99. The molecule has 2 aromatic carbocycles. The molecule has 2 heterocycles. The van der Waals surface area contributed by atoms with Crippen LogP contribution in [-0.4, -0.2) is 31.1 Å².